The summed E-state index contributed by atoms with van der Waals surface area (Å²) in [6, 6.07) is 4.35. The number of carbonyl (C=O) groups is 1. The zero-order valence-electron chi connectivity index (χ0n) is 8.70. The Morgan fingerprint density at radius 1 is 1.53 bits per heavy atom. The topological polar surface area (TPSA) is 63.3 Å². The average Bonchev–Trinajstić information content (AvgIpc) is 2.64. The third kappa shape index (κ3) is 2.08. The maximum absolute atomic E-state index is 13.1. The number of benzene rings is 1. The van der Waals surface area contributed by atoms with Crippen LogP contribution in [0.15, 0.2) is 27.2 Å². The van der Waals surface area contributed by atoms with Gasteiger partial charge < -0.3 is 9.63 Å². The van der Waals surface area contributed by atoms with E-state index in [4.69, 9.17) is 9.63 Å². The minimum Gasteiger partial charge on any atom is -0.476 e. The second kappa shape index (κ2) is 4.29. The fourth-order valence-corrected chi connectivity index (χ4v) is 1.92. The molecule has 0 atom stereocenters. The van der Waals surface area contributed by atoms with Gasteiger partial charge in [-0.05, 0) is 46.6 Å². The molecule has 88 valence electrons. The highest BCUT2D eigenvalue weighted by Gasteiger charge is 2.20. The fraction of sp³-hybridized carbons (Fsp3) is 0.0909. The monoisotopic (exact) mass is 299 g/mol. The maximum atomic E-state index is 13.1. The molecule has 1 N–H and O–H groups in total. The van der Waals surface area contributed by atoms with Crippen LogP contribution in [0.4, 0.5) is 4.39 Å². The summed E-state index contributed by atoms with van der Waals surface area (Å²) in [5, 5.41) is 12.2. The maximum Gasteiger partial charge on any atom is 0.359 e. The number of aromatic nitrogens is 1. The van der Waals surface area contributed by atoms with E-state index in [0.717, 1.165) is 0 Å². The normalized spacial score (nSPS) is 10.5. The molecule has 0 fully saturated rings. The van der Waals surface area contributed by atoms with Crippen molar-refractivity contribution in [2.75, 3.05) is 0 Å². The molecule has 0 aliphatic carbocycles. The van der Waals surface area contributed by atoms with Crippen molar-refractivity contribution in [2.24, 2.45) is 0 Å². The van der Waals surface area contributed by atoms with Crippen molar-refractivity contribution in [3.05, 3.63) is 39.7 Å². The van der Waals surface area contributed by atoms with Gasteiger partial charge in [0.15, 0.2) is 5.76 Å². The van der Waals surface area contributed by atoms with Gasteiger partial charge in [-0.2, -0.15) is 0 Å². The van der Waals surface area contributed by atoms with E-state index in [9.17, 15) is 9.18 Å². The lowest BCUT2D eigenvalue weighted by atomic mass is 10.1. The van der Waals surface area contributed by atoms with E-state index in [2.05, 4.69) is 21.1 Å². The lowest BCUT2D eigenvalue weighted by Gasteiger charge is -2.00. The zero-order valence-corrected chi connectivity index (χ0v) is 10.3. The number of carboxylic acids is 1. The molecule has 0 saturated carbocycles. The van der Waals surface area contributed by atoms with Crippen molar-refractivity contribution in [3.63, 3.8) is 0 Å². The number of carboxylic acid groups (broad SMARTS) is 1. The SMILES string of the molecule is Cc1cc(-c2onc(C(=O)O)c2Br)ccc1F. The Kier molecular flexibility index (Phi) is 2.97. The van der Waals surface area contributed by atoms with E-state index < -0.39 is 5.97 Å². The minimum atomic E-state index is -1.19. The average molecular weight is 300 g/mol. The molecule has 0 aliphatic rings. The summed E-state index contributed by atoms with van der Waals surface area (Å²) in [5.74, 6) is -1.25. The summed E-state index contributed by atoms with van der Waals surface area (Å²) in [6.07, 6.45) is 0. The van der Waals surface area contributed by atoms with Crippen LogP contribution in [0.2, 0.25) is 0 Å². The van der Waals surface area contributed by atoms with E-state index in [0.29, 0.717) is 11.1 Å². The van der Waals surface area contributed by atoms with Gasteiger partial charge in [0, 0.05) is 5.56 Å². The summed E-state index contributed by atoms with van der Waals surface area (Å²) in [6.45, 7) is 1.61. The molecule has 0 radical (unpaired) electrons. The second-order valence-corrected chi connectivity index (χ2v) is 4.24. The second-order valence-electron chi connectivity index (χ2n) is 3.44. The van der Waals surface area contributed by atoms with E-state index >= 15 is 0 Å². The van der Waals surface area contributed by atoms with E-state index in [1.165, 1.54) is 12.1 Å². The van der Waals surface area contributed by atoms with Gasteiger partial charge in [-0.25, -0.2) is 9.18 Å². The quantitative estimate of drug-likeness (QED) is 0.924. The largest absolute Gasteiger partial charge is 0.476 e. The molecule has 17 heavy (non-hydrogen) atoms. The standard InChI is InChI=1S/C11H7BrFNO3/c1-5-4-6(2-3-7(5)13)10-8(12)9(11(15)16)14-17-10/h2-4H,1H3,(H,15,16). The Hall–Kier alpha value is -1.69. The van der Waals surface area contributed by atoms with Gasteiger partial charge in [0.05, 0.1) is 0 Å². The van der Waals surface area contributed by atoms with Gasteiger partial charge in [-0.1, -0.05) is 5.16 Å². The molecular formula is C11H7BrFNO3. The van der Waals surface area contributed by atoms with Gasteiger partial charge in [-0.3, -0.25) is 0 Å². The first kappa shape index (κ1) is 11.8. The van der Waals surface area contributed by atoms with Crippen LogP contribution in [-0.4, -0.2) is 16.2 Å². The number of hydrogen-bond donors (Lipinski definition) is 1. The number of aryl methyl sites for hydroxylation is 1. The van der Waals surface area contributed by atoms with Crippen LogP contribution in [0.25, 0.3) is 11.3 Å². The van der Waals surface area contributed by atoms with Gasteiger partial charge in [0.1, 0.15) is 10.3 Å². The Morgan fingerprint density at radius 2 is 2.24 bits per heavy atom. The third-order valence-electron chi connectivity index (χ3n) is 2.26. The number of aromatic carboxylic acids is 1. The molecule has 6 heteroatoms. The highest BCUT2D eigenvalue weighted by atomic mass is 79.9. The Balaban J connectivity index is 2.53. The number of hydrogen-bond acceptors (Lipinski definition) is 3. The molecule has 0 amide bonds. The van der Waals surface area contributed by atoms with Crippen molar-refractivity contribution >= 4 is 21.9 Å². The van der Waals surface area contributed by atoms with Crippen LogP contribution in [0.3, 0.4) is 0 Å². The van der Waals surface area contributed by atoms with E-state index in [-0.39, 0.29) is 21.7 Å². The van der Waals surface area contributed by atoms with Crippen molar-refractivity contribution in [2.45, 2.75) is 6.92 Å². The van der Waals surface area contributed by atoms with Crippen molar-refractivity contribution < 1.29 is 18.8 Å². The predicted octanol–water partition coefficient (Wildman–Crippen LogP) is 3.25. The van der Waals surface area contributed by atoms with Crippen LogP contribution >= 0.6 is 15.9 Å². The van der Waals surface area contributed by atoms with Crippen LogP contribution in [0, 0.1) is 12.7 Å². The molecular weight excluding hydrogens is 293 g/mol. The molecule has 1 heterocycles. The lowest BCUT2D eigenvalue weighted by molar-refractivity contribution is 0.0685. The molecule has 1 aromatic heterocycles. The van der Waals surface area contributed by atoms with Gasteiger partial charge in [0.25, 0.3) is 0 Å². The molecule has 0 aliphatic heterocycles. The highest BCUT2D eigenvalue weighted by molar-refractivity contribution is 9.10. The highest BCUT2D eigenvalue weighted by Crippen LogP contribution is 2.31. The molecule has 0 unspecified atom stereocenters. The fourth-order valence-electron chi connectivity index (χ4n) is 1.38. The number of rotatable bonds is 2. The van der Waals surface area contributed by atoms with Crippen molar-refractivity contribution in [3.8, 4) is 11.3 Å². The third-order valence-corrected chi connectivity index (χ3v) is 2.99. The Bertz CT molecular complexity index is 594. The molecule has 0 bridgehead atoms. The van der Waals surface area contributed by atoms with E-state index in [1.807, 2.05) is 0 Å². The lowest BCUT2D eigenvalue weighted by Crippen LogP contribution is -1.96. The van der Waals surface area contributed by atoms with Crippen LogP contribution in [0.5, 0.6) is 0 Å². The minimum absolute atomic E-state index is 0.207. The summed E-state index contributed by atoms with van der Waals surface area (Å²) < 4.78 is 18.3. The summed E-state index contributed by atoms with van der Waals surface area (Å²) in [4.78, 5) is 10.8. The Morgan fingerprint density at radius 3 is 2.76 bits per heavy atom. The molecule has 2 rings (SSSR count). The molecule has 4 nitrogen and oxygen atoms in total. The van der Waals surface area contributed by atoms with Gasteiger partial charge in [-0.15, -0.1) is 0 Å². The predicted molar refractivity (Wildman–Crippen MR) is 61.3 cm³/mol. The van der Waals surface area contributed by atoms with Crippen molar-refractivity contribution in [1.82, 2.24) is 5.16 Å². The molecule has 0 saturated heterocycles. The summed E-state index contributed by atoms with van der Waals surface area (Å²) in [5.41, 5.74) is 0.806. The van der Waals surface area contributed by atoms with Gasteiger partial charge in [0.2, 0.25) is 5.69 Å². The van der Waals surface area contributed by atoms with Crippen molar-refractivity contribution in [1.29, 1.82) is 0 Å². The first-order chi connectivity index (χ1) is 8.00. The Labute approximate surface area is 104 Å². The molecule has 1 aromatic carbocycles. The van der Waals surface area contributed by atoms with E-state index in [1.54, 1.807) is 13.0 Å². The van der Waals surface area contributed by atoms with Gasteiger partial charge >= 0.3 is 5.97 Å². The molecule has 2 aromatic rings. The van der Waals surface area contributed by atoms with Crippen LogP contribution in [-0.2, 0) is 0 Å². The summed E-state index contributed by atoms with van der Waals surface area (Å²) in [7, 11) is 0. The number of halogens is 2. The molecule has 0 spiro atoms. The number of nitrogens with zero attached hydrogens (tertiary/aromatic N) is 1. The first-order valence-corrected chi connectivity index (χ1v) is 5.45. The summed E-state index contributed by atoms with van der Waals surface area (Å²) >= 11 is 3.10. The first-order valence-electron chi connectivity index (χ1n) is 4.65. The smallest absolute Gasteiger partial charge is 0.359 e. The van der Waals surface area contributed by atoms with Crippen LogP contribution in [0.1, 0.15) is 16.1 Å². The zero-order chi connectivity index (χ0) is 12.6. The van der Waals surface area contributed by atoms with Crippen LogP contribution < -0.4 is 0 Å².